The molecule has 1 unspecified atom stereocenters. The number of ketones is 1. The van der Waals surface area contributed by atoms with E-state index in [2.05, 4.69) is 0 Å². The molecule has 1 aromatic heterocycles. The zero-order chi connectivity index (χ0) is 19.6. The SMILES string of the molecule is C/C(=C\COC1=CC(=O)Cc2cc3occc3cc21)CCC(O)C(C)(C)C. The second-order valence-corrected chi connectivity index (χ2v) is 8.40. The Balaban J connectivity index is 1.65. The highest BCUT2D eigenvalue weighted by atomic mass is 16.5. The number of rotatable bonds is 6. The van der Waals surface area contributed by atoms with Crippen molar-refractivity contribution < 1.29 is 19.1 Å². The van der Waals surface area contributed by atoms with Crippen LogP contribution in [-0.4, -0.2) is 23.6 Å². The molecule has 4 nitrogen and oxygen atoms in total. The quantitative estimate of drug-likeness (QED) is 0.725. The van der Waals surface area contributed by atoms with Gasteiger partial charge in [0.05, 0.1) is 12.4 Å². The van der Waals surface area contributed by atoms with Crippen LogP contribution in [-0.2, 0) is 16.0 Å². The highest BCUT2D eigenvalue weighted by molar-refractivity contribution is 6.02. The van der Waals surface area contributed by atoms with Crippen molar-refractivity contribution in [2.24, 2.45) is 5.41 Å². The van der Waals surface area contributed by atoms with Gasteiger partial charge in [-0.15, -0.1) is 0 Å². The molecule has 2 aromatic rings. The van der Waals surface area contributed by atoms with Crippen LogP contribution in [0, 0.1) is 5.41 Å². The molecule has 4 heteroatoms. The van der Waals surface area contributed by atoms with Gasteiger partial charge in [-0.1, -0.05) is 26.3 Å². The third kappa shape index (κ3) is 4.69. The van der Waals surface area contributed by atoms with Gasteiger partial charge in [-0.3, -0.25) is 4.79 Å². The van der Waals surface area contributed by atoms with Crippen LogP contribution in [0.4, 0.5) is 0 Å². The number of aliphatic hydroxyl groups is 1. The largest absolute Gasteiger partial charge is 0.489 e. The smallest absolute Gasteiger partial charge is 0.163 e. The first-order valence-corrected chi connectivity index (χ1v) is 9.45. The molecule has 0 bridgehead atoms. The number of benzene rings is 1. The molecule has 0 aliphatic heterocycles. The lowest BCUT2D eigenvalue weighted by Crippen LogP contribution is -2.25. The Morgan fingerprint density at radius 1 is 1.37 bits per heavy atom. The summed E-state index contributed by atoms with van der Waals surface area (Å²) in [5, 5.41) is 11.2. The second kappa shape index (κ2) is 7.73. The summed E-state index contributed by atoms with van der Waals surface area (Å²) >= 11 is 0. The molecule has 0 fully saturated rings. The summed E-state index contributed by atoms with van der Waals surface area (Å²) in [5.74, 6) is 0.653. The van der Waals surface area contributed by atoms with E-state index in [9.17, 15) is 9.90 Å². The molecule has 0 radical (unpaired) electrons. The van der Waals surface area contributed by atoms with Crippen LogP contribution in [0.5, 0.6) is 0 Å². The van der Waals surface area contributed by atoms with E-state index in [4.69, 9.17) is 9.15 Å². The van der Waals surface area contributed by atoms with Crippen LogP contribution in [0.2, 0.25) is 0 Å². The van der Waals surface area contributed by atoms with Gasteiger partial charge in [0.1, 0.15) is 17.9 Å². The molecule has 3 rings (SSSR count). The van der Waals surface area contributed by atoms with Gasteiger partial charge in [-0.25, -0.2) is 0 Å². The Morgan fingerprint density at radius 2 is 2.15 bits per heavy atom. The van der Waals surface area contributed by atoms with Crippen molar-refractivity contribution in [2.75, 3.05) is 6.61 Å². The summed E-state index contributed by atoms with van der Waals surface area (Å²) in [7, 11) is 0. The molecule has 1 aliphatic rings. The molecular weight excluding hydrogens is 340 g/mol. The minimum Gasteiger partial charge on any atom is -0.489 e. The molecule has 1 heterocycles. The highest BCUT2D eigenvalue weighted by Gasteiger charge is 2.22. The van der Waals surface area contributed by atoms with Crippen molar-refractivity contribution in [3.8, 4) is 0 Å². The standard InChI is InChI=1S/C23H28O4/c1-15(5-6-22(25)23(2,3)4)7-9-27-21-14-18(24)11-17-13-20-16(8-10-26-20)12-19(17)21/h7-8,10,12-14,22,25H,5-6,9,11H2,1-4H3/b15-7+. The van der Waals surface area contributed by atoms with Crippen LogP contribution in [0.15, 0.2) is 46.6 Å². The molecular formula is C23H28O4. The maximum atomic E-state index is 12.0. The minimum absolute atomic E-state index is 0.0393. The lowest BCUT2D eigenvalue weighted by Gasteiger charge is -2.25. The van der Waals surface area contributed by atoms with Gasteiger partial charge in [0, 0.05) is 23.4 Å². The van der Waals surface area contributed by atoms with E-state index in [1.807, 2.05) is 52.0 Å². The number of allylic oxidation sites excluding steroid dienone is 2. The van der Waals surface area contributed by atoms with E-state index in [0.29, 0.717) is 18.8 Å². The lowest BCUT2D eigenvalue weighted by molar-refractivity contribution is -0.114. The number of carbonyl (C=O) groups excluding carboxylic acids is 1. The summed E-state index contributed by atoms with van der Waals surface area (Å²) in [6.07, 6.45) is 6.86. The lowest BCUT2D eigenvalue weighted by atomic mass is 9.86. The van der Waals surface area contributed by atoms with E-state index < -0.39 is 0 Å². The molecule has 1 atom stereocenters. The molecule has 0 saturated carbocycles. The predicted molar refractivity (Wildman–Crippen MR) is 107 cm³/mol. The predicted octanol–water partition coefficient (Wildman–Crippen LogP) is 5.05. The van der Waals surface area contributed by atoms with Crippen LogP contribution in [0.3, 0.4) is 0 Å². The fraction of sp³-hybridized carbons (Fsp3) is 0.435. The van der Waals surface area contributed by atoms with Crippen molar-refractivity contribution in [1.82, 2.24) is 0 Å². The third-order valence-electron chi connectivity index (χ3n) is 5.08. The second-order valence-electron chi connectivity index (χ2n) is 8.40. The number of hydrogen-bond donors (Lipinski definition) is 1. The van der Waals surface area contributed by atoms with Gasteiger partial charge in [0.25, 0.3) is 0 Å². The summed E-state index contributed by atoms with van der Waals surface area (Å²) in [4.78, 5) is 12.0. The Morgan fingerprint density at radius 3 is 2.89 bits per heavy atom. The van der Waals surface area contributed by atoms with Crippen molar-refractivity contribution in [3.63, 3.8) is 0 Å². The Hall–Kier alpha value is -2.33. The first-order valence-electron chi connectivity index (χ1n) is 9.45. The Kier molecular flexibility index (Phi) is 5.56. The number of aliphatic hydroxyl groups excluding tert-OH is 1. The van der Waals surface area contributed by atoms with Gasteiger partial charge < -0.3 is 14.3 Å². The van der Waals surface area contributed by atoms with E-state index >= 15 is 0 Å². The van der Waals surface area contributed by atoms with Gasteiger partial charge in [-0.2, -0.15) is 0 Å². The third-order valence-corrected chi connectivity index (χ3v) is 5.08. The molecule has 1 N–H and O–H groups in total. The fourth-order valence-corrected chi connectivity index (χ4v) is 3.18. The van der Waals surface area contributed by atoms with Gasteiger partial charge in [-0.05, 0) is 55.0 Å². The molecule has 144 valence electrons. The first kappa shape index (κ1) is 19.4. The summed E-state index contributed by atoms with van der Waals surface area (Å²) in [6.45, 7) is 8.57. The van der Waals surface area contributed by atoms with Gasteiger partial charge >= 0.3 is 0 Å². The van der Waals surface area contributed by atoms with E-state index in [1.165, 1.54) is 5.57 Å². The molecule has 1 aromatic carbocycles. The summed E-state index contributed by atoms with van der Waals surface area (Å²) in [6, 6.07) is 5.85. The number of carbonyl (C=O) groups is 1. The van der Waals surface area contributed by atoms with Crippen LogP contribution in [0.1, 0.15) is 51.7 Å². The van der Waals surface area contributed by atoms with Crippen molar-refractivity contribution >= 4 is 22.5 Å². The number of furan rings is 1. The zero-order valence-electron chi connectivity index (χ0n) is 16.5. The number of hydrogen-bond acceptors (Lipinski definition) is 4. The van der Waals surface area contributed by atoms with Crippen molar-refractivity contribution in [1.29, 1.82) is 0 Å². The topological polar surface area (TPSA) is 59.7 Å². The molecule has 0 spiro atoms. The van der Waals surface area contributed by atoms with Crippen molar-refractivity contribution in [3.05, 3.63) is 53.3 Å². The van der Waals surface area contributed by atoms with Gasteiger partial charge in [0.15, 0.2) is 5.78 Å². The Labute approximate surface area is 160 Å². The Bertz CT molecular complexity index is 893. The van der Waals surface area contributed by atoms with E-state index in [0.717, 1.165) is 34.9 Å². The van der Waals surface area contributed by atoms with E-state index in [-0.39, 0.29) is 17.3 Å². The maximum absolute atomic E-state index is 12.0. The van der Waals surface area contributed by atoms with Crippen molar-refractivity contribution in [2.45, 2.75) is 53.1 Å². The maximum Gasteiger partial charge on any atom is 0.163 e. The molecule has 0 saturated heterocycles. The summed E-state index contributed by atoms with van der Waals surface area (Å²) in [5.41, 5.74) is 3.75. The average Bonchev–Trinajstić information content (AvgIpc) is 3.04. The van der Waals surface area contributed by atoms with E-state index in [1.54, 1.807) is 12.3 Å². The molecule has 27 heavy (non-hydrogen) atoms. The zero-order valence-corrected chi connectivity index (χ0v) is 16.5. The normalized spacial score (nSPS) is 16.3. The molecule has 0 amide bonds. The fourth-order valence-electron chi connectivity index (χ4n) is 3.18. The summed E-state index contributed by atoms with van der Waals surface area (Å²) < 4.78 is 11.4. The molecule has 1 aliphatic carbocycles. The van der Waals surface area contributed by atoms with Crippen LogP contribution >= 0.6 is 0 Å². The van der Waals surface area contributed by atoms with Gasteiger partial charge in [0.2, 0.25) is 0 Å². The average molecular weight is 368 g/mol. The monoisotopic (exact) mass is 368 g/mol. The number of ether oxygens (including phenoxy) is 1. The first-order chi connectivity index (χ1) is 12.7. The van der Waals surface area contributed by atoms with Crippen LogP contribution < -0.4 is 0 Å². The van der Waals surface area contributed by atoms with Crippen LogP contribution in [0.25, 0.3) is 16.7 Å². The number of fused-ring (bicyclic) bond motifs is 2. The highest BCUT2D eigenvalue weighted by Crippen LogP contribution is 2.31. The minimum atomic E-state index is -0.329.